The van der Waals surface area contributed by atoms with Gasteiger partial charge in [0.25, 0.3) is 0 Å². The zero-order chi connectivity index (χ0) is 18.9. The molecule has 0 N–H and O–H groups in total. The molecule has 0 rings (SSSR count). The van der Waals surface area contributed by atoms with Crippen LogP contribution in [0.5, 0.6) is 0 Å². The van der Waals surface area contributed by atoms with Crippen LogP contribution in [0.15, 0.2) is 24.3 Å². The number of carbonyl (C=O) groups is 1. The molecular formula is C22H40NNaO2. The Labute approximate surface area is 184 Å². The van der Waals surface area contributed by atoms with E-state index in [9.17, 15) is 9.90 Å². The van der Waals surface area contributed by atoms with Crippen LogP contribution >= 0.6 is 0 Å². The first-order valence-corrected chi connectivity index (χ1v) is 10.3. The molecule has 0 aromatic carbocycles. The van der Waals surface area contributed by atoms with E-state index in [1.807, 2.05) is 0 Å². The van der Waals surface area contributed by atoms with Crippen LogP contribution in [0.4, 0.5) is 0 Å². The van der Waals surface area contributed by atoms with E-state index in [1.165, 1.54) is 12.8 Å². The van der Waals surface area contributed by atoms with Crippen LogP contribution in [-0.4, -0.2) is 29.5 Å². The number of rotatable bonds is 16. The molecule has 2 atom stereocenters. The summed E-state index contributed by atoms with van der Waals surface area (Å²) in [7, 11) is 0. The van der Waals surface area contributed by atoms with E-state index >= 15 is 0 Å². The molecular weight excluding hydrogens is 333 g/mol. The number of hydrogen-bond acceptors (Lipinski definition) is 3. The van der Waals surface area contributed by atoms with Crippen molar-refractivity contribution in [2.75, 3.05) is 6.54 Å². The third-order valence-electron chi connectivity index (χ3n) is 4.73. The summed E-state index contributed by atoms with van der Waals surface area (Å²) in [5.74, 6) is -0.963. The maximum Gasteiger partial charge on any atom is 1.00 e. The van der Waals surface area contributed by atoms with E-state index in [2.05, 4.69) is 56.9 Å². The Kier molecular flexibility index (Phi) is 21.3. The number of carboxylic acid groups (broad SMARTS) is 1. The minimum Gasteiger partial charge on any atom is -0.549 e. The number of carboxylic acids is 1. The van der Waals surface area contributed by atoms with Crippen molar-refractivity contribution in [3.63, 3.8) is 0 Å². The van der Waals surface area contributed by atoms with Gasteiger partial charge in [0.15, 0.2) is 0 Å². The molecule has 0 saturated heterocycles. The predicted octanol–water partition coefficient (Wildman–Crippen LogP) is 1.87. The molecule has 0 fully saturated rings. The number of aliphatic carboxylic acids is 1. The van der Waals surface area contributed by atoms with Crippen LogP contribution in [0.1, 0.15) is 91.9 Å². The van der Waals surface area contributed by atoms with Gasteiger partial charge in [-0.25, -0.2) is 0 Å². The van der Waals surface area contributed by atoms with Crippen molar-refractivity contribution in [2.45, 2.75) is 104 Å². The summed E-state index contributed by atoms with van der Waals surface area (Å²) in [5.41, 5.74) is 0. The van der Waals surface area contributed by atoms with Gasteiger partial charge in [-0.3, -0.25) is 4.90 Å². The molecule has 3 nitrogen and oxygen atoms in total. The van der Waals surface area contributed by atoms with Gasteiger partial charge in [0.2, 0.25) is 0 Å². The van der Waals surface area contributed by atoms with Gasteiger partial charge in [0.05, 0.1) is 5.97 Å². The van der Waals surface area contributed by atoms with E-state index in [0.29, 0.717) is 12.1 Å². The fourth-order valence-electron chi connectivity index (χ4n) is 3.20. The minimum absolute atomic E-state index is 0. The van der Waals surface area contributed by atoms with Crippen molar-refractivity contribution in [1.29, 1.82) is 0 Å². The zero-order valence-electron chi connectivity index (χ0n) is 18.0. The molecule has 0 aromatic rings. The molecule has 0 aliphatic carbocycles. The summed E-state index contributed by atoms with van der Waals surface area (Å²) < 4.78 is 0. The van der Waals surface area contributed by atoms with Crippen molar-refractivity contribution >= 4 is 5.97 Å². The number of nitrogens with zero attached hydrogens (tertiary/aromatic N) is 1. The van der Waals surface area contributed by atoms with Crippen molar-refractivity contribution < 1.29 is 39.5 Å². The van der Waals surface area contributed by atoms with Gasteiger partial charge in [0.1, 0.15) is 0 Å². The van der Waals surface area contributed by atoms with Gasteiger partial charge >= 0.3 is 29.6 Å². The van der Waals surface area contributed by atoms with Gasteiger partial charge in [-0.1, -0.05) is 51.0 Å². The molecule has 2 unspecified atom stereocenters. The van der Waals surface area contributed by atoms with Crippen molar-refractivity contribution in [3.8, 4) is 0 Å². The minimum atomic E-state index is -0.963. The topological polar surface area (TPSA) is 43.4 Å². The van der Waals surface area contributed by atoms with Crippen LogP contribution in [-0.2, 0) is 4.79 Å². The van der Waals surface area contributed by atoms with Crippen molar-refractivity contribution in [1.82, 2.24) is 4.90 Å². The maximum atomic E-state index is 11.1. The Bertz CT molecular complexity index is 354. The molecule has 0 spiro atoms. The molecule has 0 saturated carbocycles. The normalized spacial score (nSPS) is 14.0. The van der Waals surface area contributed by atoms with Gasteiger partial charge in [-0.15, -0.1) is 0 Å². The van der Waals surface area contributed by atoms with Crippen LogP contribution < -0.4 is 34.7 Å². The number of allylic oxidation sites excluding steroid dienone is 4. The van der Waals surface area contributed by atoms with Gasteiger partial charge in [0, 0.05) is 18.6 Å². The average molecular weight is 374 g/mol. The monoisotopic (exact) mass is 373 g/mol. The summed E-state index contributed by atoms with van der Waals surface area (Å²) in [5, 5.41) is 11.1. The first-order valence-electron chi connectivity index (χ1n) is 10.3. The second kappa shape index (κ2) is 19.7. The molecule has 0 radical (unpaired) electrons. The second-order valence-electron chi connectivity index (χ2n) is 7.07. The Morgan fingerprint density at radius 2 is 1.27 bits per heavy atom. The first-order chi connectivity index (χ1) is 12.0. The summed E-state index contributed by atoms with van der Waals surface area (Å²) in [6.07, 6.45) is 20.1. The molecule has 0 aliphatic heterocycles. The third-order valence-corrected chi connectivity index (χ3v) is 4.73. The Morgan fingerprint density at radius 3 is 1.62 bits per heavy atom. The molecule has 4 heteroatoms. The molecule has 0 aliphatic rings. The van der Waals surface area contributed by atoms with Crippen LogP contribution in [0.25, 0.3) is 0 Å². The maximum absolute atomic E-state index is 11.1. The number of hydrogen-bond donors (Lipinski definition) is 0. The summed E-state index contributed by atoms with van der Waals surface area (Å²) >= 11 is 0. The summed E-state index contributed by atoms with van der Waals surface area (Å²) in [4.78, 5) is 13.3. The van der Waals surface area contributed by atoms with Gasteiger partial charge in [-0.05, 0) is 65.2 Å². The standard InChI is InChI=1S/C22H41NO2.Na/c1-5-7-9-11-13-15-17-20(3)23(19-22(24)25)21(4)18-16-14-12-10-8-6-2;/h7-10,20-21H,5-6,11-19H2,1-4H3,(H,24,25);/q;+1/p-1/b9-7+,10-8+;. The fraction of sp³-hybridized carbons (Fsp3) is 0.773. The molecule has 146 valence electrons. The Hall–Kier alpha value is -0.0900. The SMILES string of the molecule is CC/C=C/CCCCC(C)N(CC(=O)[O-])C(C)CCCC/C=C/CC.[Na+]. The zero-order valence-corrected chi connectivity index (χ0v) is 20.0. The van der Waals surface area contributed by atoms with E-state index < -0.39 is 5.97 Å². The Morgan fingerprint density at radius 1 is 0.846 bits per heavy atom. The molecule has 0 bridgehead atoms. The number of carbonyl (C=O) groups excluding carboxylic acids is 1. The summed E-state index contributed by atoms with van der Waals surface area (Å²) in [6, 6.07) is 0.589. The van der Waals surface area contributed by atoms with Crippen LogP contribution in [0.2, 0.25) is 0 Å². The van der Waals surface area contributed by atoms with Gasteiger partial charge in [-0.2, -0.15) is 0 Å². The third kappa shape index (κ3) is 16.1. The van der Waals surface area contributed by atoms with Crippen LogP contribution in [0.3, 0.4) is 0 Å². The van der Waals surface area contributed by atoms with Crippen molar-refractivity contribution in [2.24, 2.45) is 0 Å². The molecule has 0 aromatic heterocycles. The average Bonchev–Trinajstić information content (AvgIpc) is 2.58. The summed E-state index contributed by atoms with van der Waals surface area (Å²) in [6.45, 7) is 8.67. The second-order valence-corrected chi connectivity index (χ2v) is 7.07. The molecule has 26 heavy (non-hydrogen) atoms. The van der Waals surface area contributed by atoms with E-state index in [4.69, 9.17) is 0 Å². The van der Waals surface area contributed by atoms with Crippen LogP contribution in [0, 0.1) is 0 Å². The predicted molar refractivity (Wildman–Crippen MR) is 106 cm³/mol. The van der Waals surface area contributed by atoms with Crippen molar-refractivity contribution in [3.05, 3.63) is 24.3 Å². The quantitative estimate of drug-likeness (QED) is 0.236. The first kappa shape index (κ1) is 28.1. The van der Waals surface area contributed by atoms with E-state index in [-0.39, 0.29) is 36.1 Å². The van der Waals surface area contributed by atoms with E-state index in [1.54, 1.807) is 0 Å². The fourth-order valence-corrected chi connectivity index (χ4v) is 3.20. The smallest absolute Gasteiger partial charge is 0.549 e. The molecule has 0 amide bonds. The Balaban J connectivity index is 0. The van der Waals surface area contributed by atoms with Gasteiger partial charge < -0.3 is 9.90 Å². The van der Waals surface area contributed by atoms with E-state index in [0.717, 1.165) is 51.4 Å². The largest absolute Gasteiger partial charge is 1.00 e. The number of unbranched alkanes of at least 4 members (excludes halogenated alkanes) is 4. The molecule has 0 heterocycles.